The molecule has 0 spiro atoms. The van der Waals surface area contributed by atoms with Crippen molar-refractivity contribution >= 4 is 27.4 Å². The maximum Gasteiger partial charge on any atom is 0.138 e. The number of nitrogens with zero attached hydrogens (tertiary/aromatic N) is 2. The van der Waals surface area contributed by atoms with Gasteiger partial charge in [0.15, 0.2) is 0 Å². The first-order valence-electron chi connectivity index (χ1n) is 7.27. The van der Waals surface area contributed by atoms with Crippen LogP contribution in [-0.2, 0) is 0 Å². The van der Waals surface area contributed by atoms with Crippen molar-refractivity contribution < 1.29 is 5.11 Å². The van der Waals surface area contributed by atoms with Crippen molar-refractivity contribution in [3.8, 4) is 0 Å². The third-order valence-corrected chi connectivity index (χ3v) is 5.46. The average Bonchev–Trinajstić information content (AvgIpc) is 2.74. The van der Waals surface area contributed by atoms with Crippen LogP contribution in [0.1, 0.15) is 36.1 Å². The first-order chi connectivity index (χ1) is 9.65. The molecule has 0 saturated heterocycles. The zero-order valence-electron chi connectivity index (χ0n) is 12.0. The number of aromatic nitrogens is 2. The number of rotatable bonds is 3. The van der Waals surface area contributed by atoms with Crippen molar-refractivity contribution in [2.45, 2.75) is 45.6 Å². The van der Waals surface area contributed by atoms with Gasteiger partial charge in [-0.1, -0.05) is 0 Å². The van der Waals surface area contributed by atoms with Gasteiger partial charge >= 0.3 is 0 Å². The van der Waals surface area contributed by atoms with Crippen molar-refractivity contribution in [2.75, 3.05) is 11.9 Å². The maximum absolute atomic E-state index is 9.55. The summed E-state index contributed by atoms with van der Waals surface area (Å²) in [5.41, 5.74) is 1.28. The fraction of sp³-hybridized carbons (Fsp3) is 0.600. The Morgan fingerprint density at radius 2 is 2.00 bits per heavy atom. The molecule has 0 bridgehead atoms. The molecule has 20 heavy (non-hydrogen) atoms. The van der Waals surface area contributed by atoms with Gasteiger partial charge in [0, 0.05) is 11.4 Å². The third-order valence-electron chi connectivity index (χ3n) is 4.34. The molecule has 4 nitrogen and oxygen atoms in total. The van der Waals surface area contributed by atoms with E-state index in [-0.39, 0.29) is 6.10 Å². The van der Waals surface area contributed by atoms with Crippen LogP contribution in [0.25, 0.3) is 10.2 Å². The van der Waals surface area contributed by atoms with Crippen LogP contribution in [0.15, 0.2) is 6.33 Å². The van der Waals surface area contributed by atoms with E-state index in [9.17, 15) is 5.11 Å². The molecule has 2 heterocycles. The van der Waals surface area contributed by atoms with Gasteiger partial charge < -0.3 is 10.4 Å². The molecule has 1 aliphatic carbocycles. The molecule has 0 radical (unpaired) electrons. The first kappa shape index (κ1) is 13.8. The van der Waals surface area contributed by atoms with Crippen LogP contribution in [0.5, 0.6) is 0 Å². The molecule has 3 rings (SSSR count). The summed E-state index contributed by atoms with van der Waals surface area (Å²) in [5, 5.41) is 14.2. The predicted molar refractivity (Wildman–Crippen MR) is 83.3 cm³/mol. The zero-order chi connectivity index (χ0) is 14.1. The van der Waals surface area contributed by atoms with Gasteiger partial charge in [-0.3, -0.25) is 0 Å². The van der Waals surface area contributed by atoms with E-state index in [0.29, 0.717) is 5.92 Å². The molecule has 0 aliphatic heterocycles. The van der Waals surface area contributed by atoms with Crippen LogP contribution in [0.3, 0.4) is 0 Å². The van der Waals surface area contributed by atoms with Gasteiger partial charge in [-0.2, -0.15) is 0 Å². The van der Waals surface area contributed by atoms with Gasteiger partial charge in [-0.05, 0) is 51.0 Å². The first-order valence-corrected chi connectivity index (χ1v) is 8.09. The minimum absolute atomic E-state index is 0.0845. The fourth-order valence-corrected chi connectivity index (χ4v) is 3.90. The Hall–Kier alpha value is -1.20. The number of aliphatic hydroxyl groups excluding tert-OH is 1. The Bertz CT molecular complexity index is 602. The summed E-state index contributed by atoms with van der Waals surface area (Å²) in [7, 11) is 0. The lowest BCUT2D eigenvalue weighted by molar-refractivity contribution is 0.111. The molecular weight excluding hydrogens is 270 g/mol. The largest absolute Gasteiger partial charge is 0.393 e. The summed E-state index contributed by atoms with van der Waals surface area (Å²) in [4.78, 5) is 11.2. The Morgan fingerprint density at radius 1 is 1.25 bits per heavy atom. The smallest absolute Gasteiger partial charge is 0.138 e. The molecule has 2 aromatic heterocycles. The number of fused-ring (bicyclic) bond motifs is 1. The van der Waals surface area contributed by atoms with Crippen LogP contribution in [-0.4, -0.2) is 27.7 Å². The minimum Gasteiger partial charge on any atom is -0.393 e. The monoisotopic (exact) mass is 291 g/mol. The van der Waals surface area contributed by atoms with Crippen molar-refractivity contribution in [2.24, 2.45) is 5.92 Å². The Kier molecular flexibility index (Phi) is 3.89. The van der Waals surface area contributed by atoms with Crippen LogP contribution in [0.2, 0.25) is 0 Å². The van der Waals surface area contributed by atoms with Crippen LogP contribution >= 0.6 is 11.3 Å². The van der Waals surface area contributed by atoms with Crippen molar-refractivity contribution in [1.82, 2.24) is 9.97 Å². The molecule has 0 unspecified atom stereocenters. The summed E-state index contributed by atoms with van der Waals surface area (Å²) >= 11 is 1.73. The van der Waals surface area contributed by atoms with Crippen LogP contribution in [0, 0.1) is 19.8 Å². The lowest BCUT2D eigenvalue weighted by atomic mass is 9.87. The van der Waals surface area contributed by atoms with Crippen molar-refractivity contribution in [3.63, 3.8) is 0 Å². The molecule has 1 fully saturated rings. The van der Waals surface area contributed by atoms with E-state index in [2.05, 4.69) is 29.1 Å². The van der Waals surface area contributed by atoms with Gasteiger partial charge in [-0.15, -0.1) is 11.3 Å². The second-order valence-electron chi connectivity index (χ2n) is 5.74. The topological polar surface area (TPSA) is 58.0 Å². The molecule has 2 aromatic rings. The van der Waals surface area contributed by atoms with Gasteiger partial charge in [0.2, 0.25) is 0 Å². The van der Waals surface area contributed by atoms with E-state index in [1.165, 1.54) is 15.8 Å². The predicted octanol–water partition coefficient (Wildman–Crippen LogP) is 3.27. The molecule has 1 aliphatic rings. The lowest BCUT2D eigenvalue weighted by Gasteiger charge is -2.25. The number of aryl methyl sites for hydroxylation is 2. The number of hydrogen-bond acceptors (Lipinski definition) is 5. The van der Waals surface area contributed by atoms with E-state index >= 15 is 0 Å². The molecular formula is C15H21N3OS. The third kappa shape index (κ3) is 2.65. The highest BCUT2D eigenvalue weighted by molar-refractivity contribution is 7.18. The van der Waals surface area contributed by atoms with E-state index in [0.717, 1.165) is 42.9 Å². The number of nitrogens with one attached hydrogen (secondary N) is 1. The highest BCUT2D eigenvalue weighted by Crippen LogP contribution is 2.33. The molecule has 0 amide bonds. The fourth-order valence-electron chi connectivity index (χ4n) is 2.91. The zero-order valence-corrected chi connectivity index (χ0v) is 12.8. The van der Waals surface area contributed by atoms with Gasteiger partial charge in [0.25, 0.3) is 0 Å². The highest BCUT2D eigenvalue weighted by atomic mass is 32.1. The van der Waals surface area contributed by atoms with E-state index < -0.39 is 0 Å². The summed E-state index contributed by atoms with van der Waals surface area (Å²) in [6.45, 7) is 5.21. The average molecular weight is 291 g/mol. The lowest BCUT2D eigenvalue weighted by Crippen LogP contribution is -2.23. The number of hydrogen-bond donors (Lipinski definition) is 2. The number of anilines is 1. The molecule has 1 saturated carbocycles. The van der Waals surface area contributed by atoms with E-state index in [1.807, 2.05) is 0 Å². The SMILES string of the molecule is Cc1sc2ncnc(NCC3CCC(O)CC3)c2c1C. The molecule has 108 valence electrons. The van der Waals surface area contributed by atoms with Crippen LogP contribution in [0.4, 0.5) is 5.82 Å². The van der Waals surface area contributed by atoms with Gasteiger partial charge in [0.05, 0.1) is 11.5 Å². The van der Waals surface area contributed by atoms with Gasteiger partial charge in [-0.25, -0.2) is 9.97 Å². The minimum atomic E-state index is -0.0845. The maximum atomic E-state index is 9.55. The molecule has 0 atom stereocenters. The quantitative estimate of drug-likeness (QED) is 0.911. The van der Waals surface area contributed by atoms with E-state index in [1.54, 1.807) is 17.7 Å². The van der Waals surface area contributed by atoms with Gasteiger partial charge in [0.1, 0.15) is 17.0 Å². The summed E-state index contributed by atoms with van der Waals surface area (Å²) in [6.07, 6.45) is 5.63. The second kappa shape index (κ2) is 5.66. The van der Waals surface area contributed by atoms with Crippen LogP contribution < -0.4 is 5.32 Å². The normalized spacial score (nSPS) is 23.1. The second-order valence-corrected chi connectivity index (χ2v) is 6.94. The van der Waals surface area contributed by atoms with E-state index in [4.69, 9.17) is 0 Å². The molecule has 5 heteroatoms. The summed E-state index contributed by atoms with van der Waals surface area (Å²) in [5.74, 6) is 1.60. The van der Waals surface area contributed by atoms with Crippen molar-refractivity contribution in [1.29, 1.82) is 0 Å². The molecule has 2 N–H and O–H groups in total. The standard InChI is InChI=1S/C15H21N3OS/c1-9-10(2)20-15-13(9)14(17-8-18-15)16-7-11-3-5-12(19)6-4-11/h8,11-12,19H,3-7H2,1-2H3,(H,16,17,18). The Labute approximate surface area is 123 Å². The number of thiophene rings is 1. The summed E-state index contributed by atoms with van der Waals surface area (Å²) in [6, 6.07) is 0. The molecule has 0 aromatic carbocycles. The van der Waals surface area contributed by atoms with Crippen molar-refractivity contribution in [3.05, 3.63) is 16.8 Å². The summed E-state index contributed by atoms with van der Waals surface area (Å²) < 4.78 is 0. The Morgan fingerprint density at radius 3 is 2.75 bits per heavy atom. The number of aliphatic hydroxyl groups is 1. The Balaban J connectivity index is 1.74. The highest BCUT2D eigenvalue weighted by Gasteiger charge is 2.20.